The van der Waals surface area contributed by atoms with Gasteiger partial charge in [-0.25, -0.2) is 0 Å². The summed E-state index contributed by atoms with van der Waals surface area (Å²) in [7, 11) is 0. The van der Waals surface area contributed by atoms with E-state index >= 15 is 0 Å². The highest BCUT2D eigenvalue weighted by Gasteiger charge is 2.23. The summed E-state index contributed by atoms with van der Waals surface area (Å²) in [6.07, 6.45) is 5.21. The minimum Gasteiger partial charge on any atom is -0.465 e. The van der Waals surface area contributed by atoms with Crippen molar-refractivity contribution in [2.24, 2.45) is 5.92 Å². The van der Waals surface area contributed by atoms with E-state index in [1.807, 2.05) is 18.2 Å². The van der Waals surface area contributed by atoms with Crippen LogP contribution in [0, 0.1) is 5.92 Å². The zero-order valence-corrected chi connectivity index (χ0v) is 9.52. The van der Waals surface area contributed by atoms with Crippen LogP contribution in [0.2, 0.25) is 0 Å². The predicted octanol–water partition coefficient (Wildman–Crippen LogP) is 2.96. The molecule has 0 bridgehead atoms. The summed E-state index contributed by atoms with van der Waals surface area (Å²) in [5.41, 5.74) is 1.22. The van der Waals surface area contributed by atoms with Gasteiger partial charge in [0.15, 0.2) is 0 Å². The fraction of sp³-hybridized carbons (Fsp3) is 0.500. The molecule has 86 valence electrons. The molecule has 0 saturated heterocycles. The van der Waals surface area contributed by atoms with Crippen LogP contribution in [0.3, 0.4) is 0 Å². The summed E-state index contributed by atoms with van der Waals surface area (Å²) in [6.45, 7) is 0.513. The molecule has 0 aliphatic heterocycles. The number of benzene rings is 1. The van der Waals surface area contributed by atoms with Gasteiger partial charge in [-0.3, -0.25) is 4.79 Å². The molecule has 2 heteroatoms. The van der Waals surface area contributed by atoms with Crippen LogP contribution in [0.25, 0.3) is 0 Å². The van der Waals surface area contributed by atoms with E-state index in [4.69, 9.17) is 4.74 Å². The number of hydrogen-bond acceptors (Lipinski definition) is 2. The first-order valence-corrected chi connectivity index (χ1v) is 6.07. The summed E-state index contributed by atoms with van der Waals surface area (Å²) >= 11 is 0. The molecule has 1 aromatic rings. The molecule has 0 N–H and O–H groups in total. The zero-order valence-electron chi connectivity index (χ0n) is 9.52. The predicted molar refractivity (Wildman–Crippen MR) is 63.1 cm³/mol. The Balaban J connectivity index is 1.70. The number of carbonyl (C=O) groups excluding carboxylic acids is 1. The van der Waals surface area contributed by atoms with Crippen molar-refractivity contribution < 1.29 is 9.53 Å². The van der Waals surface area contributed by atoms with Crippen molar-refractivity contribution in [1.29, 1.82) is 0 Å². The van der Waals surface area contributed by atoms with Gasteiger partial charge >= 0.3 is 5.97 Å². The second kappa shape index (κ2) is 5.69. The fourth-order valence-electron chi connectivity index (χ4n) is 2.19. The molecule has 0 atom stereocenters. The molecule has 1 aliphatic carbocycles. The van der Waals surface area contributed by atoms with Crippen LogP contribution in [0.1, 0.15) is 31.2 Å². The van der Waals surface area contributed by atoms with E-state index in [1.54, 1.807) is 0 Å². The zero-order chi connectivity index (χ0) is 11.2. The maximum absolute atomic E-state index is 11.6. The van der Waals surface area contributed by atoms with Crippen molar-refractivity contribution in [3.05, 3.63) is 35.9 Å². The lowest BCUT2D eigenvalue weighted by Gasteiger charge is -2.09. The first-order valence-electron chi connectivity index (χ1n) is 6.07. The highest BCUT2D eigenvalue weighted by atomic mass is 16.5. The average molecular weight is 218 g/mol. The van der Waals surface area contributed by atoms with Gasteiger partial charge < -0.3 is 4.74 Å². The molecule has 0 amide bonds. The third-order valence-electron chi connectivity index (χ3n) is 3.17. The minimum absolute atomic E-state index is 0.00781. The van der Waals surface area contributed by atoms with Crippen molar-refractivity contribution >= 4 is 5.97 Å². The largest absolute Gasteiger partial charge is 0.465 e. The van der Waals surface area contributed by atoms with Gasteiger partial charge in [0.05, 0.1) is 12.5 Å². The van der Waals surface area contributed by atoms with Gasteiger partial charge in [-0.05, 0) is 18.4 Å². The fourth-order valence-corrected chi connectivity index (χ4v) is 2.19. The summed E-state index contributed by atoms with van der Waals surface area (Å²) in [5, 5.41) is 0. The van der Waals surface area contributed by atoms with E-state index < -0.39 is 0 Å². The van der Waals surface area contributed by atoms with Gasteiger partial charge in [0, 0.05) is 6.42 Å². The third-order valence-corrected chi connectivity index (χ3v) is 3.17. The lowest BCUT2D eigenvalue weighted by atomic mass is 10.1. The highest BCUT2D eigenvalue weighted by Crippen LogP contribution is 2.25. The summed E-state index contributed by atoms with van der Waals surface area (Å²) < 4.78 is 5.29. The second-order valence-corrected chi connectivity index (χ2v) is 4.38. The topological polar surface area (TPSA) is 26.3 Å². The van der Waals surface area contributed by atoms with Gasteiger partial charge in [0.2, 0.25) is 0 Å². The van der Waals surface area contributed by atoms with E-state index in [0.717, 1.165) is 19.3 Å². The Kier molecular flexibility index (Phi) is 3.97. The molecular weight excluding hydrogens is 200 g/mol. The standard InChI is InChI=1S/C14H18O2/c15-14(13-8-4-5-9-13)16-11-10-12-6-2-1-3-7-12/h1-3,6-7,13H,4-5,8-11H2. The van der Waals surface area contributed by atoms with E-state index in [1.165, 1.54) is 18.4 Å². The van der Waals surface area contributed by atoms with Gasteiger partial charge in [0.25, 0.3) is 0 Å². The Morgan fingerprint density at radius 3 is 2.56 bits per heavy atom. The summed E-state index contributed by atoms with van der Waals surface area (Å²) in [4.78, 5) is 11.6. The van der Waals surface area contributed by atoms with Crippen LogP contribution >= 0.6 is 0 Å². The first kappa shape index (κ1) is 11.2. The molecular formula is C14H18O2. The van der Waals surface area contributed by atoms with Gasteiger partial charge in [-0.15, -0.1) is 0 Å². The Morgan fingerprint density at radius 1 is 1.19 bits per heavy atom. The van der Waals surface area contributed by atoms with Crippen molar-refractivity contribution in [3.8, 4) is 0 Å². The molecule has 2 nitrogen and oxygen atoms in total. The Bertz CT molecular complexity index is 326. The van der Waals surface area contributed by atoms with Crippen LogP contribution in [-0.2, 0) is 16.0 Å². The van der Waals surface area contributed by atoms with Crippen molar-refractivity contribution in [1.82, 2.24) is 0 Å². The molecule has 2 rings (SSSR count). The summed E-state index contributed by atoms with van der Waals surface area (Å²) in [6, 6.07) is 10.1. The lowest BCUT2D eigenvalue weighted by Crippen LogP contribution is -2.16. The Labute approximate surface area is 96.6 Å². The SMILES string of the molecule is O=C(OCCc1ccccc1)C1CCCC1. The number of carbonyl (C=O) groups is 1. The number of ether oxygens (including phenoxy) is 1. The van der Waals surface area contributed by atoms with Crippen LogP contribution < -0.4 is 0 Å². The molecule has 0 heterocycles. The van der Waals surface area contributed by atoms with E-state index in [-0.39, 0.29) is 11.9 Å². The highest BCUT2D eigenvalue weighted by molar-refractivity contribution is 5.72. The molecule has 0 unspecified atom stereocenters. The molecule has 1 aromatic carbocycles. The molecule has 0 radical (unpaired) electrons. The number of hydrogen-bond donors (Lipinski definition) is 0. The molecule has 1 fully saturated rings. The first-order chi connectivity index (χ1) is 7.86. The molecule has 0 aromatic heterocycles. The Morgan fingerprint density at radius 2 is 1.88 bits per heavy atom. The second-order valence-electron chi connectivity index (χ2n) is 4.38. The summed E-state index contributed by atoms with van der Waals surface area (Å²) in [5.74, 6) is 0.184. The van der Waals surface area contributed by atoms with Crippen molar-refractivity contribution in [2.75, 3.05) is 6.61 Å². The normalized spacial score (nSPS) is 16.2. The smallest absolute Gasteiger partial charge is 0.308 e. The minimum atomic E-state index is 0.00781. The average Bonchev–Trinajstić information content (AvgIpc) is 2.84. The van der Waals surface area contributed by atoms with E-state index in [0.29, 0.717) is 6.61 Å². The number of esters is 1. The van der Waals surface area contributed by atoms with Crippen LogP contribution in [0.5, 0.6) is 0 Å². The van der Waals surface area contributed by atoms with Crippen LogP contribution in [-0.4, -0.2) is 12.6 Å². The lowest BCUT2D eigenvalue weighted by molar-refractivity contribution is -0.148. The van der Waals surface area contributed by atoms with Crippen LogP contribution in [0.4, 0.5) is 0 Å². The molecule has 1 aliphatic rings. The van der Waals surface area contributed by atoms with E-state index in [9.17, 15) is 4.79 Å². The molecule has 16 heavy (non-hydrogen) atoms. The molecule has 0 spiro atoms. The quantitative estimate of drug-likeness (QED) is 0.726. The van der Waals surface area contributed by atoms with Crippen molar-refractivity contribution in [3.63, 3.8) is 0 Å². The molecule has 1 saturated carbocycles. The van der Waals surface area contributed by atoms with Gasteiger partial charge in [-0.1, -0.05) is 43.2 Å². The monoisotopic (exact) mass is 218 g/mol. The van der Waals surface area contributed by atoms with Crippen LogP contribution in [0.15, 0.2) is 30.3 Å². The maximum atomic E-state index is 11.6. The van der Waals surface area contributed by atoms with Crippen molar-refractivity contribution in [2.45, 2.75) is 32.1 Å². The van der Waals surface area contributed by atoms with Gasteiger partial charge in [0.1, 0.15) is 0 Å². The van der Waals surface area contributed by atoms with Gasteiger partial charge in [-0.2, -0.15) is 0 Å². The van der Waals surface area contributed by atoms with E-state index in [2.05, 4.69) is 12.1 Å². The maximum Gasteiger partial charge on any atom is 0.308 e. The number of rotatable bonds is 4. The Hall–Kier alpha value is -1.31. The third kappa shape index (κ3) is 3.09.